The van der Waals surface area contributed by atoms with Crippen molar-refractivity contribution in [2.24, 2.45) is 0 Å². The molecule has 124 valence electrons. The van der Waals surface area contributed by atoms with Gasteiger partial charge in [0.2, 0.25) is 0 Å². The standard InChI is InChI=1S/C23H16N2O/c26-21-15-20-22(16-9-3-1-4-10-16)24-25(17-11-5-2-6-12-17)23(20)19-14-8-7-13-18(19)21/h1-15,26H. The number of hydrogen-bond acceptors (Lipinski definition) is 2. The monoisotopic (exact) mass is 336 g/mol. The first kappa shape index (κ1) is 14.7. The third kappa shape index (κ3) is 2.18. The van der Waals surface area contributed by atoms with Crippen LogP contribution in [-0.2, 0) is 0 Å². The zero-order valence-corrected chi connectivity index (χ0v) is 14.0. The van der Waals surface area contributed by atoms with Crippen molar-refractivity contribution in [2.75, 3.05) is 0 Å². The Hall–Kier alpha value is -3.59. The molecule has 0 amide bonds. The number of para-hydroxylation sites is 1. The quantitative estimate of drug-likeness (QED) is 0.459. The molecule has 0 radical (unpaired) electrons. The van der Waals surface area contributed by atoms with Crippen LogP contribution in [0.25, 0.3) is 38.6 Å². The summed E-state index contributed by atoms with van der Waals surface area (Å²) in [5, 5.41) is 18.3. The normalized spacial score (nSPS) is 11.2. The number of phenolic OH excluding ortho intramolecular Hbond substituents is 1. The molecule has 0 saturated carbocycles. The number of aromatic hydroxyl groups is 1. The van der Waals surface area contributed by atoms with E-state index in [0.717, 1.165) is 38.6 Å². The molecule has 0 atom stereocenters. The van der Waals surface area contributed by atoms with E-state index in [1.54, 1.807) is 0 Å². The Labute approximate surface area is 150 Å². The molecule has 26 heavy (non-hydrogen) atoms. The van der Waals surface area contributed by atoms with Gasteiger partial charge in [0.15, 0.2) is 0 Å². The largest absolute Gasteiger partial charge is 0.507 e. The molecule has 1 N–H and O–H groups in total. The van der Waals surface area contributed by atoms with E-state index in [-0.39, 0.29) is 5.75 Å². The number of phenols is 1. The van der Waals surface area contributed by atoms with Crippen molar-refractivity contribution in [2.45, 2.75) is 0 Å². The lowest BCUT2D eigenvalue weighted by molar-refractivity contribution is 0.482. The third-order valence-electron chi connectivity index (χ3n) is 4.71. The Kier molecular flexibility index (Phi) is 3.25. The van der Waals surface area contributed by atoms with Gasteiger partial charge >= 0.3 is 0 Å². The van der Waals surface area contributed by atoms with Gasteiger partial charge in [-0.2, -0.15) is 5.10 Å². The van der Waals surface area contributed by atoms with Crippen LogP contribution in [0.15, 0.2) is 91.0 Å². The first-order valence-corrected chi connectivity index (χ1v) is 8.57. The lowest BCUT2D eigenvalue weighted by atomic mass is 10.0. The fraction of sp³-hybridized carbons (Fsp3) is 0. The minimum Gasteiger partial charge on any atom is -0.507 e. The molecular weight excluding hydrogens is 320 g/mol. The van der Waals surface area contributed by atoms with Crippen molar-refractivity contribution in [1.29, 1.82) is 0 Å². The van der Waals surface area contributed by atoms with Crippen LogP contribution < -0.4 is 0 Å². The summed E-state index contributed by atoms with van der Waals surface area (Å²) in [5.74, 6) is 0.276. The number of aromatic nitrogens is 2. The molecule has 0 aliphatic carbocycles. The molecule has 0 aliphatic heterocycles. The first-order chi connectivity index (χ1) is 12.8. The van der Waals surface area contributed by atoms with E-state index in [4.69, 9.17) is 5.10 Å². The van der Waals surface area contributed by atoms with Crippen molar-refractivity contribution in [3.8, 4) is 22.7 Å². The second kappa shape index (κ2) is 5.74. The van der Waals surface area contributed by atoms with E-state index in [2.05, 4.69) is 0 Å². The summed E-state index contributed by atoms with van der Waals surface area (Å²) in [5.41, 5.74) is 3.89. The highest BCUT2D eigenvalue weighted by Gasteiger charge is 2.18. The number of rotatable bonds is 2. The van der Waals surface area contributed by atoms with E-state index in [1.165, 1.54) is 0 Å². The Morgan fingerprint density at radius 1 is 0.654 bits per heavy atom. The topological polar surface area (TPSA) is 38.1 Å². The van der Waals surface area contributed by atoms with Gasteiger partial charge in [0, 0.05) is 21.7 Å². The molecule has 0 aliphatic rings. The zero-order chi connectivity index (χ0) is 17.5. The lowest BCUT2D eigenvalue weighted by Gasteiger charge is -2.07. The fourth-order valence-corrected chi connectivity index (χ4v) is 3.52. The predicted molar refractivity (Wildman–Crippen MR) is 106 cm³/mol. The van der Waals surface area contributed by atoms with Gasteiger partial charge in [-0.15, -0.1) is 0 Å². The minimum atomic E-state index is 0.276. The second-order valence-electron chi connectivity index (χ2n) is 6.30. The molecule has 5 aromatic rings. The fourth-order valence-electron chi connectivity index (χ4n) is 3.52. The molecular formula is C23H16N2O. The van der Waals surface area contributed by atoms with Crippen LogP contribution in [0.3, 0.4) is 0 Å². The molecule has 0 fully saturated rings. The molecule has 5 rings (SSSR count). The smallest absolute Gasteiger partial charge is 0.124 e. The van der Waals surface area contributed by atoms with Gasteiger partial charge in [0.05, 0.1) is 11.2 Å². The van der Waals surface area contributed by atoms with Gasteiger partial charge in [-0.05, 0) is 18.2 Å². The summed E-state index contributed by atoms with van der Waals surface area (Å²) in [4.78, 5) is 0. The summed E-state index contributed by atoms with van der Waals surface area (Å²) in [6, 6.07) is 29.9. The van der Waals surface area contributed by atoms with Crippen LogP contribution in [0.5, 0.6) is 5.75 Å². The van der Waals surface area contributed by atoms with Crippen LogP contribution in [0.1, 0.15) is 0 Å². The SMILES string of the molecule is Oc1cc2c(-c3ccccc3)nn(-c3ccccc3)c2c2ccccc12. The molecule has 0 unspecified atom stereocenters. The highest BCUT2D eigenvalue weighted by molar-refractivity contribution is 6.12. The van der Waals surface area contributed by atoms with E-state index in [9.17, 15) is 5.11 Å². The van der Waals surface area contributed by atoms with Crippen molar-refractivity contribution < 1.29 is 5.11 Å². The van der Waals surface area contributed by atoms with Gasteiger partial charge in [-0.1, -0.05) is 72.8 Å². The highest BCUT2D eigenvalue weighted by atomic mass is 16.3. The van der Waals surface area contributed by atoms with Gasteiger partial charge in [-0.3, -0.25) is 0 Å². The summed E-state index contributed by atoms with van der Waals surface area (Å²) < 4.78 is 1.97. The van der Waals surface area contributed by atoms with Crippen molar-refractivity contribution in [3.05, 3.63) is 91.0 Å². The van der Waals surface area contributed by atoms with E-state index in [0.29, 0.717) is 0 Å². The Morgan fingerprint density at radius 3 is 2.00 bits per heavy atom. The average Bonchev–Trinajstić information content (AvgIpc) is 3.09. The molecule has 0 saturated heterocycles. The lowest BCUT2D eigenvalue weighted by Crippen LogP contribution is -1.96. The summed E-state index contributed by atoms with van der Waals surface area (Å²) in [7, 11) is 0. The Bertz CT molecular complexity index is 1230. The first-order valence-electron chi connectivity index (χ1n) is 8.57. The Balaban J connectivity index is 1.97. The molecule has 0 spiro atoms. The van der Waals surface area contributed by atoms with Crippen LogP contribution >= 0.6 is 0 Å². The van der Waals surface area contributed by atoms with Crippen LogP contribution in [0.4, 0.5) is 0 Å². The van der Waals surface area contributed by atoms with Crippen molar-refractivity contribution in [3.63, 3.8) is 0 Å². The van der Waals surface area contributed by atoms with Crippen LogP contribution in [0, 0.1) is 0 Å². The number of fused-ring (bicyclic) bond motifs is 3. The van der Waals surface area contributed by atoms with Crippen molar-refractivity contribution >= 4 is 21.7 Å². The van der Waals surface area contributed by atoms with E-state index >= 15 is 0 Å². The maximum Gasteiger partial charge on any atom is 0.124 e. The number of hydrogen-bond donors (Lipinski definition) is 1. The average molecular weight is 336 g/mol. The maximum absolute atomic E-state index is 10.6. The third-order valence-corrected chi connectivity index (χ3v) is 4.71. The maximum atomic E-state index is 10.6. The van der Waals surface area contributed by atoms with Gasteiger partial charge in [0.25, 0.3) is 0 Å². The van der Waals surface area contributed by atoms with Gasteiger partial charge in [-0.25, -0.2) is 4.68 Å². The summed E-state index contributed by atoms with van der Waals surface area (Å²) in [6.07, 6.45) is 0. The highest BCUT2D eigenvalue weighted by Crippen LogP contribution is 2.38. The van der Waals surface area contributed by atoms with Crippen molar-refractivity contribution in [1.82, 2.24) is 9.78 Å². The van der Waals surface area contributed by atoms with E-state index in [1.807, 2.05) is 95.7 Å². The zero-order valence-electron chi connectivity index (χ0n) is 14.0. The second-order valence-corrected chi connectivity index (χ2v) is 6.30. The van der Waals surface area contributed by atoms with Gasteiger partial charge < -0.3 is 5.11 Å². The minimum absolute atomic E-state index is 0.276. The number of benzene rings is 4. The van der Waals surface area contributed by atoms with Crippen LogP contribution in [-0.4, -0.2) is 14.9 Å². The molecule has 4 aromatic carbocycles. The summed E-state index contributed by atoms with van der Waals surface area (Å²) >= 11 is 0. The van der Waals surface area contributed by atoms with E-state index < -0.39 is 0 Å². The number of nitrogens with zero attached hydrogens (tertiary/aromatic N) is 2. The van der Waals surface area contributed by atoms with Gasteiger partial charge in [0.1, 0.15) is 11.4 Å². The summed E-state index contributed by atoms with van der Waals surface area (Å²) in [6.45, 7) is 0. The molecule has 1 aromatic heterocycles. The predicted octanol–water partition coefficient (Wildman–Crippen LogP) is 5.55. The molecule has 3 nitrogen and oxygen atoms in total. The van der Waals surface area contributed by atoms with Crippen LogP contribution in [0.2, 0.25) is 0 Å². The molecule has 3 heteroatoms. The molecule has 1 heterocycles. The molecule has 0 bridgehead atoms. The Morgan fingerprint density at radius 2 is 1.27 bits per heavy atom.